The Morgan fingerprint density at radius 2 is 1.86 bits per heavy atom. The van der Waals surface area contributed by atoms with Gasteiger partial charge in [0.2, 0.25) is 0 Å². The molecule has 0 aliphatic carbocycles. The number of anilines is 2. The number of rotatable bonds is 4. The van der Waals surface area contributed by atoms with Crippen molar-refractivity contribution in [2.24, 2.45) is 10.7 Å². The molecule has 4 heteroatoms. The van der Waals surface area contributed by atoms with Crippen molar-refractivity contribution < 1.29 is 0 Å². The summed E-state index contributed by atoms with van der Waals surface area (Å²) >= 11 is 0. The molecule has 0 saturated carbocycles. The lowest BCUT2D eigenvalue weighted by Crippen LogP contribution is -2.22. The van der Waals surface area contributed by atoms with Crippen molar-refractivity contribution in [3.63, 3.8) is 0 Å². The molecular weight excluding hydrogens is 260 g/mol. The highest BCUT2D eigenvalue weighted by Gasteiger charge is 1.98. The van der Waals surface area contributed by atoms with E-state index < -0.39 is 0 Å². The van der Waals surface area contributed by atoms with Gasteiger partial charge in [-0.25, -0.2) is 4.99 Å². The van der Waals surface area contributed by atoms with Crippen LogP contribution in [-0.4, -0.2) is 20.1 Å². The lowest BCUT2D eigenvalue weighted by atomic mass is 10.2. The number of guanidine groups is 1. The quantitative estimate of drug-likeness (QED) is 0.669. The first kappa shape index (κ1) is 14.9. The van der Waals surface area contributed by atoms with Crippen molar-refractivity contribution in [3.8, 4) is 0 Å². The SMILES string of the molecule is Cc1cccc(NC(N)=NCc2ccc(N(C)C)cc2)c1. The molecule has 2 aromatic rings. The summed E-state index contributed by atoms with van der Waals surface area (Å²) in [4.78, 5) is 6.43. The molecule has 2 aromatic carbocycles. The second-order valence-electron chi connectivity index (χ2n) is 5.26. The maximum absolute atomic E-state index is 5.91. The van der Waals surface area contributed by atoms with Crippen molar-refractivity contribution in [2.75, 3.05) is 24.3 Å². The van der Waals surface area contributed by atoms with Crippen LogP contribution in [0.15, 0.2) is 53.5 Å². The molecule has 0 bridgehead atoms. The zero-order chi connectivity index (χ0) is 15.2. The maximum atomic E-state index is 5.91. The highest BCUT2D eigenvalue weighted by atomic mass is 15.1. The molecule has 3 N–H and O–H groups in total. The fourth-order valence-corrected chi connectivity index (χ4v) is 1.99. The minimum atomic E-state index is 0.428. The Morgan fingerprint density at radius 1 is 1.14 bits per heavy atom. The molecule has 0 aromatic heterocycles. The van der Waals surface area contributed by atoms with Crippen molar-refractivity contribution in [3.05, 3.63) is 59.7 Å². The third kappa shape index (κ3) is 4.53. The van der Waals surface area contributed by atoms with Gasteiger partial charge in [-0.05, 0) is 42.3 Å². The maximum Gasteiger partial charge on any atom is 0.193 e. The molecule has 110 valence electrons. The van der Waals surface area contributed by atoms with Gasteiger partial charge >= 0.3 is 0 Å². The fraction of sp³-hybridized carbons (Fsp3) is 0.235. The Balaban J connectivity index is 1.96. The molecule has 0 spiro atoms. The van der Waals surface area contributed by atoms with Gasteiger partial charge in [0.15, 0.2) is 5.96 Å². The summed E-state index contributed by atoms with van der Waals surface area (Å²) in [5.74, 6) is 0.428. The van der Waals surface area contributed by atoms with Crippen LogP contribution in [0.25, 0.3) is 0 Å². The number of aryl methyl sites for hydroxylation is 1. The van der Waals surface area contributed by atoms with Gasteiger partial charge in [-0.3, -0.25) is 0 Å². The van der Waals surface area contributed by atoms with Gasteiger partial charge < -0.3 is 16.0 Å². The van der Waals surface area contributed by atoms with Crippen molar-refractivity contribution in [2.45, 2.75) is 13.5 Å². The van der Waals surface area contributed by atoms with Gasteiger partial charge in [0.25, 0.3) is 0 Å². The molecule has 0 aliphatic heterocycles. The Kier molecular flexibility index (Phi) is 4.82. The molecule has 2 rings (SSSR count). The minimum Gasteiger partial charge on any atom is -0.378 e. The van der Waals surface area contributed by atoms with Crippen LogP contribution in [0.3, 0.4) is 0 Å². The average molecular weight is 282 g/mol. The van der Waals surface area contributed by atoms with Crippen LogP contribution < -0.4 is 16.0 Å². The number of nitrogens with two attached hydrogens (primary N) is 1. The minimum absolute atomic E-state index is 0.428. The van der Waals surface area contributed by atoms with Crippen LogP contribution in [0.4, 0.5) is 11.4 Å². The highest BCUT2D eigenvalue weighted by Crippen LogP contribution is 2.13. The summed E-state index contributed by atoms with van der Waals surface area (Å²) in [6, 6.07) is 16.3. The second-order valence-corrected chi connectivity index (χ2v) is 5.26. The van der Waals surface area contributed by atoms with E-state index in [4.69, 9.17) is 5.73 Å². The predicted molar refractivity (Wildman–Crippen MR) is 90.9 cm³/mol. The third-order valence-electron chi connectivity index (χ3n) is 3.18. The zero-order valence-electron chi connectivity index (χ0n) is 12.8. The van der Waals surface area contributed by atoms with E-state index >= 15 is 0 Å². The molecule has 4 nitrogen and oxygen atoms in total. The van der Waals surface area contributed by atoms with Gasteiger partial charge in [-0.15, -0.1) is 0 Å². The van der Waals surface area contributed by atoms with Crippen LogP contribution in [0, 0.1) is 6.92 Å². The first-order valence-electron chi connectivity index (χ1n) is 6.94. The predicted octanol–water partition coefficient (Wildman–Crippen LogP) is 2.99. The Bertz CT molecular complexity index is 615. The average Bonchev–Trinajstić information content (AvgIpc) is 2.45. The summed E-state index contributed by atoms with van der Waals surface area (Å²) in [6.07, 6.45) is 0. The monoisotopic (exact) mass is 282 g/mol. The Morgan fingerprint density at radius 3 is 2.48 bits per heavy atom. The van der Waals surface area contributed by atoms with Crippen molar-refractivity contribution in [1.29, 1.82) is 0 Å². The summed E-state index contributed by atoms with van der Waals surface area (Å²) < 4.78 is 0. The topological polar surface area (TPSA) is 53.6 Å². The van der Waals surface area contributed by atoms with Crippen molar-refractivity contribution >= 4 is 17.3 Å². The summed E-state index contributed by atoms with van der Waals surface area (Å²) in [5.41, 5.74) is 10.4. The van der Waals surface area contributed by atoms with Gasteiger partial charge in [0, 0.05) is 25.5 Å². The van der Waals surface area contributed by atoms with E-state index in [1.54, 1.807) is 0 Å². The molecule has 0 atom stereocenters. The second kappa shape index (κ2) is 6.79. The molecule has 21 heavy (non-hydrogen) atoms. The van der Waals surface area contributed by atoms with Crippen LogP contribution in [-0.2, 0) is 6.54 Å². The van der Waals surface area contributed by atoms with Crippen LogP contribution in [0.1, 0.15) is 11.1 Å². The molecule has 0 saturated heterocycles. The first-order valence-corrected chi connectivity index (χ1v) is 6.94. The van der Waals surface area contributed by atoms with Gasteiger partial charge in [0.1, 0.15) is 0 Å². The van der Waals surface area contributed by atoms with E-state index in [1.807, 2.05) is 45.3 Å². The lowest BCUT2D eigenvalue weighted by molar-refractivity contribution is 1.05. The summed E-state index contributed by atoms with van der Waals surface area (Å²) in [5, 5.41) is 3.10. The van der Waals surface area contributed by atoms with Crippen LogP contribution in [0.2, 0.25) is 0 Å². The lowest BCUT2D eigenvalue weighted by Gasteiger charge is -2.12. The Hall–Kier alpha value is -2.49. The normalized spacial score (nSPS) is 11.3. The fourth-order valence-electron chi connectivity index (χ4n) is 1.99. The van der Waals surface area contributed by atoms with Crippen molar-refractivity contribution in [1.82, 2.24) is 0 Å². The summed E-state index contributed by atoms with van der Waals surface area (Å²) in [7, 11) is 4.05. The van der Waals surface area contributed by atoms with Gasteiger partial charge in [-0.2, -0.15) is 0 Å². The standard InChI is InChI=1S/C17H22N4/c1-13-5-4-6-15(11-13)20-17(18)19-12-14-7-9-16(10-8-14)21(2)3/h4-11H,12H2,1-3H3,(H3,18,19,20). The van der Waals surface area contributed by atoms with Gasteiger partial charge in [-0.1, -0.05) is 24.3 Å². The van der Waals surface area contributed by atoms with E-state index in [1.165, 1.54) is 11.3 Å². The molecule has 0 heterocycles. The molecule has 0 amide bonds. The molecule has 0 fully saturated rings. The largest absolute Gasteiger partial charge is 0.378 e. The number of hydrogen-bond acceptors (Lipinski definition) is 2. The van der Waals surface area contributed by atoms with E-state index in [9.17, 15) is 0 Å². The van der Waals surface area contributed by atoms with E-state index in [0.29, 0.717) is 12.5 Å². The molecule has 0 unspecified atom stereocenters. The molecule has 0 radical (unpaired) electrons. The van der Waals surface area contributed by atoms with Gasteiger partial charge in [0.05, 0.1) is 6.54 Å². The number of aliphatic imine (C=N–C) groups is 1. The molecule has 0 aliphatic rings. The van der Waals surface area contributed by atoms with Crippen LogP contribution >= 0.6 is 0 Å². The Labute approximate surface area is 126 Å². The highest BCUT2D eigenvalue weighted by molar-refractivity contribution is 5.92. The number of nitrogens with one attached hydrogen (secondary N) is 1. The van der Waals surface area contributed by atoms with E-state index in [-0.39, 0.29) is 0 Å². The number of benzene rings is 2. The number of hydrogen-bond donors (Lipinski definition) is 2. The van der Waals surface area contributed by atoms with Crippen LogP contribution in [0.5, 0.6) is 0 Å². The summed E-state index contributed by atoms with van der Waals surface area (Å²) in [6.45, 7) is 2.61. The van der Waals surface area contributed by atoms with E-state index in [0.717, 1.165) is 11.3 Å². The zero-order valence-corrected chi connectivity index (χ0v) is 12.8. The molecular formula is C17H22N4. The smallest absolute Gasteiger partial charge is 0.193 e. The van der Waals surface area contributed by atoms with E-state index in [2.05, 4.69) is 39.5 Å². The number of nitrogens with zero attached hydrogens (tertiary/aromatic N) is 2. The third-order valence-corrected chi connectivity index (χ3v) is 3.18. The first-order chi connectivity index (χ1) is 10.0.